The summed E-state index contributed by atoms with van der Waals surface area (Å²) in [5, 5.41) is 8.14. The van der Waals surface area contributed by atoms with Gasteiger partial charge in [-0.2, -0.15) is 0 Å². The second-order valence-corrected chi connectivity index (χ2v) is 7.50. The summed E-state index contributed by atoms with van der Waals surface area (Å²) in [6.07, 6.45) is 0. The maximum absolute atomic E-state index is 13.0. The van der Waals surface area contributed by atoms with Gasteiger partial charge < -0.3 is 20.7 Å². The topological polar surface area (TPSA) is 99.8 Å². The van der Waals surface area contributed by atoms with Gasteiger partial charge in [0, 0.05) is 11.4 Å². The van der Waals surface area contributed by atoms with Gasteiger partial charge in [-0.3, -0.25) is 19.3 Å². The zero-order valence-corrected chi connectivity index (χ0v) is 18.8. The summed E-state index contributed by atoms with van der Waals surface area (Å²) in [6.45, 7) is -0.129. The van der Waals surface area contributed by atoms with Crippen molar-refractivity contribution in [3.63, 3.8) is 0 Å². The van der Waals surface area contributed by atoms with Gasteiger partial charge in [0.25, 0.3) is 5.91 Å². The third-order valence-corrected chi connectivity index (χ3v) is 4.75. The Morgan fingerprint density at radius 2 is 1.35 bits per heavy atom. The van der Waals surface area contributed by atoms with E-state index in [9.17, 15) is 18.8 Å². The summed E-state index contributed by atoms with van der Waals surface area (Å²) in [6, 6.07) is 18.9. The summed E-state index contributed by atoms with van der Waals surface area (Å²) in [5.74, 6) is -0.845. The molecule has 0 unspecified atom stereocenters. The van der Waals surface area contributed by atoms with Crippen molar-refractivity contribution >= 4 is 34.8 Å². The van der Waals surface area contributed by atoms with Crippen molar-refractivity contribution in [3.05, 3.63) is 84.2 Å². The van der Waals surface area contributed by atoms with Crippen molar-refractivity contribution in [1.29, 1.82) is 0 Å². The first kappa shape index (κ1) is 24.4. The first-order valence-corrected chi connectivity index (χ1v) is 10.4. The number of likely N-dealkylation sites (N-methyl/N-ethyl adjacent to an activating group) is 1. The van der Waals surface area contributed by atoms with Gasteiger partial charge in [-0.05, 0) is 67.7 Å². The molecule has 0 aliphatic carbocycles. The Kier molecular flexibility index (Phi) is 8.31. The Balaban J connectivity index is 1.55. The molecule has 3 aromatic rings. The number of ether oxygens (including phenoxy) is 1. The van der Waals surface area contributed by atoms with Gasteiger partial charge in [0.05, 0.1) is 31.5 Å². The average molecular weight is 464 g/mol. The fraction of sp³-hybridized carbons (Fsp3) is 0.160. The van der Waals surface area contributed by atoms with Crippen molar-refractivity contribution in [3.8, 4) is 5.75 Å². The van der Waals surface area contributed by atoms with Crippen molar-refractivity contribution in [2.45, 2.75) is 0 Å². The number of nitrogens with one attached hydrogen (secondary N) is 3. The molecule has 0 atom stereocenters. The van der Waals surface area contributed by atoms with Crippen molar-refractivity contribution in [2.75, 3.05) is 43.2 Å². The van der Waals surface area contributed by atoms with Crippen molar-refractivity contribution in [1.82, 2.24) is 4.90 Å². The molecule has 8 nitrogen and oxygen atoms in total. The van der Waals surface area contributed by atoms with Crippen molar-refractivity contribution < 1.29 is 23.5 Å². The van der Waals surface area contributed by atoms with E-state index >= 15 is 0 Å². The Morgan fingerprint density at radius 1 is 0.794 bits per heavy atom. The lowest BCUT2D eigenvalue weighted by Gasteiger charge is -2.17. The summed E-state index contributed by atoms with van der Waals surface area (Å²) in [5.41, 5.74) is 1.69. The Morgan fingerprint density at radius 3 is 2.00 bits per heavy atom. The standard InChI is InChI=1S/C25H25FN4O4/c1-30(15-23(31)27-18-9-7-17(26)8-10-18)16-24(32)29-22-6-4-3-5-21(22)25(33)28-19-11-13-20(34-2)14-12-19/h3-14H,15-16H2,1-2H3,(H,27,31)(H,28,33)(H,29,32). The molecule has 176 valence electrons. The lowest BCUT2D eigenvalue weighted by atomic mass is 10.1. The fourth-order valence-electron chi connectivity index (χ4n) is 3.13. The van der Waals surface area contributed by atoms with Crippen LogP contribution >= 0.6 is 0 Å². The molecule has 34 heavy (non-hydrogen) atoms. The van der Waals surface area contributed by atoms with E-state index in [1.807, 2.05) is 0 Å². The van der Waals surface area contributed by atoms with E-state index < -0.39 is 5.82 Å². The highest BCUT2D eigenvalue weighted by Gasteiger charge is 2.16. The van der Waals surface area contributed by atoms with E-state index in [2.05, 4.69) is 16.0 Å². The van der Waals surface area contributed by atoms with Crippen LogP contribution in [0.3, 0.4) is 0 Å². The molecule has 0 fully saturated rings. The van der Waals surface area contributed by atoms with Crippen LogP contribution in [-0.4, -0.2) is 49.9 Å². The van der Waals surface area contributed by atoms with Gasteiger partial charge in [-0.15, -0.1) is 0 Å². The van der Waals surface area contributed by atoms with Crippen LogP contribution in [0, 0.1) is 5.82 Å². The Hall–Kier alpha value is -4.24. The maximum atomic E-state index is 13.0. The summed E-state index contributed by atoms with van der Waals surface area (Å²) in [4.78, 5) is 39.0. The zero-order valence-electron chi connectivity index (χ0n) is 18.8. The van der Waals surface area contributed by atoms with E-state index in [0.717, 1.165) is 0 Å². The molecule has 0 aliphatic heterocycles. The highest BCUT2D eigenvalue weighted by Crippen LogP contribution is 2.19. The molecule has 3 N–H and O–H groups in total. The zero-order chi connectivity index (χ0) is 24.5. The highest BCUT2D eigenvalue weighted by atomic mass is 19.1. The molecule has 9 heteroatoms. The Labute approximate surface area is 196 Å². The average Bonchev–Trinajstić information content (AvgIpc) is 2.81. The van der Waals surface area contributed by atoms with Gasteiger partial charge in [0.15, 0.2) is 0 Å². The smallest absolute Gasteiger partial charge is 0.257 e. The number of carbonyl (C=O) groups is 3. The molecule has 3 aromatic carbocycles. The van der Waals surface area contributed by atoms with Gasteiger partial charge in [-0.25, -0.2) is 4.39 Å². The van der Waals surface area contributed by atoms with Crippen LogP contribution in [0.1, 0.15) is 10.4 Å². The molecule has 0 aliphatic rings. The maximum Gasteiger partial charge on any atom is 0.257 e. The van der Waals surface area contributed by atoms with E-state index in [4.69, 9.17) is 4.74 Å². The van der Waals surface area contributed by atoms with Crippen molar-refractivity contribution in [2.24, 2.45) is 0 Å². The number of nitrogens with zero attached hydrogens (tertiary/aromatic N) is 1. The van der Waals surface area contributed by atoms with E-state index in [1.165, 1.54) is 29.2 Å². The fourth-order valence-corrected chi connectivity index (χ4v) is 3.13. The third-order valence-electron chi connectivity index (χ3n) is 4.75. The minimum Gasteiger partial charge on any atom is -0.497 e. The van der Waals surface area contributed by atoms with Crippen LogP contribution in [0.4, 0.5) is 21.5 Å². The molecule has 0 saturated heterocycles. The van der Waals surface area contributed by atoms with E-state index in [1.54, 1.807) is 62.7 Å². The quantitative estimate of drug-likeness (QED) is 0.449. The third kappa shape index (κ3) is 7.14. The summed E-state index contributed by atoms with van der Waals surface area (Å²) >= 11 is 0. The first-order valence-electron chi connectivity index (χ1n) is 10.4. The molecular formula is C25H25FN4O4. The first-order chi connectivity index (χ1) is 16.3. The number of amides is 3. The molecule has 0 bridgehead atoms. The number of benzene rings is 3. The van der Waals surface area contributed by atoms with Crippen LogP contribution in [0.25, 0.3) is 0 Å². The molecule has 0 aromatic heterocycles. The molecular weight excluding hydrogens is 439 g/mol. The number of hydrogen-bond donors (Lipinski definition) is 3. The molecule has 0 heterocycles. The van der Waals surface area contributed by atoms with Gasteiger partial charge in [-0.1, -0.05) is 12.1 Å². The minimum atomic E-state index is -0.398. The number of halogens is 1. The van der Waals surface area contributed by atoms with Crippen LogP contribution < -0.4 is 20.7 Å². The van der Waals surface area contributed by atoms with Gasteiger partial charge in [0.1, 0.15) is 11.6 Å². The number of methoxy groups -OCH3 is 1. The second kappa shape index (κ2) is 11.6. The van der Waals surface area contributed by atoms with E-state index in [0.29, 0.717) is 28.4 Å². The normalized spacial score (nSPS) is 10.5. The lowest BCUT2D eigenvalue weighted by Crippen LogP contribution is -2.36. The number of hydrogen-bond acceptors (Lipinski definition) is 5. The minimum absolute atomic E-state index is 0.0512. The number of rotatable bonds is 9. The largest absolute Gasteiger partial charge is 0.497 e. The molecule has 0 saturated carbocycles. The van der Waals surface area contributed by atoms with E-state index in [-0.39, 0.29) is 30.8 Å². The second-order valence-electron chi connectivity index (χ2n) is 7.50. The predicted molar refractivity (Wildman–Crippen MR) is 129 cm³/mol. The van der Waals surface area contributed by atoms with Crippen LogP contribution in [0.15, 0.2) is 72.8 Å². The summed E-state index contributed by atoms with van der Waals surface area (Å²) in [7, 11) is 3.17. The number of carbonyl (C=O) groups excluding carboxylic acids is 3. The molecule has 0 radical (unpaired) electrons. The molecule has 0 spiro atoms. The lowest BCUT2D eigenvalue weighted by molar-refractivity contribution is -0.119. The number of para-hydroxylation sites is 1. The van der Waals surface area contributed by atoms with Gasteiger partial charge >= 0.3 is 0 Å². The Bertz CT molecular complexity index is 1150. The molecule has 3 rings (SSSR count). The van der Waals surface area contributed by atoms with Crippen LogP contribution in [0.2, 0.25) is 0 Å². The predicted octanol–water partition coefficient (Wildman–Crippen LogP) is 3.60. The highest BCUT2D eigenvalue weighted by molar-refractivity contribution is 6.10. The SMILES string of the molecule is COc1ccc(NC(=O)c2ccccc2NC(=O)CN(C)CC(=O)Nc2ccc(F)cc2)cc1. The van der Waals surface area contributed by atoms with Gasteiger partial charge in [0.2, 0.25) is 11.8 Å². The molecule has 3 amide bonds. The van der Waals surface area contributed by atoms with Crippen LogP contribution in [0.5, 0.6) is 5.75 Å². The monoisotopic (exact) mass is 464 g/mol. The summed E-state index contributed by atoms with van der Waals surface area (Å²) < 4.78 is 18.1. The van der Waals surface area contributed by atoms with Crippen LogP contribution in [-0.2, 0) is 9.59 Å². The number of anilines is 3.